The molecule has 0 bridgehead atoms. The SMILES string of the molecule is O=C(CCSc1ccccc1F)Nc1ccc(N2CCOCC2)cc1. The summed E-state index contributed by atoms with van der Waals surface area (Å²) < 4.78 is 18.9. The lowest BCUT2D eigenvalue weighted by Gasteiger charge is -2.28. The first kappa shape index (κ1) is 17.8. The fraction of sp³-hybridized carbons (Fsp3) is 0.316. The Morgan fingerprint density at radius 1 is 1.12 bits per heavy atom. The molecule has 0 aliphatic carbocycles. The van der Waals surface area contributed by atoms with Crippen molar-refractivity contribution in [1.29, 1.82) is 0 Å². The molecule has 0 radical (unpaired) electrons. The average Bonchev–Trinajstić information content (AvgIpc) is 2.65. The lowest BCUT2D eigenvalue weighted by atomic mass is 10.2. The number of hydrogen-bond acceptors (Lipinski definition) is 4. The van der Waals surface area contributed by atoms with Crippen LogP contribution in [0.25, 0.3) is 0 Å². The quantitative estimate of drug-likeness (QED) is 0.796. The van der Waals surface area contributed by atoms with E-state index in [2.05, 4.69) is 10.2 Å². The molecule has 1 saturated heterocycles. The molecule has 25 heavy (non-hydrogen) atoms. The second kappa shape index (κ2) is 8.87. The number of morpholine rings is 1. The lowest BCUT2D eigenvalue weighted by Crippen LogP contribution is -2.36. The van der Waals surface area contributed by atoms with E-state index in [4.69, 9.17) is 4.74 Å². The van der Waals surface area contributed by atoms with Crippen molar-refractivity contribution < 1.29 is 13.9 Å². The molecule has 3 rings (SSSR count). The number of benzene rings is 2. The zero-order valence-corrected chi connectivity index (χ0v) is 14.7. The van der Waals surface area contributed by atoms with E-state index >= 15 is 0 Å². The Hall–Kier alpha value is -2.05. The minimum atomic E-state index is -0.244. The highest BCUT2D eigenvalue weighted by atomic mass is 32.2. The van der Waals surface area contributed by atoms with Gasteiger partial charge in [-0.1, -0.05) is 12.1 Å². The number of carbonyl (C=O) groups excluding carboxylic acids is 1. The molecule has 132 valence electrons. The van der Waals surface area contributed by atoms with E-state index in [1.807, 2.05) is 24.3 Å². The van der Waals surface area contributed by atoms with Gasteiger partial charge in [-0.05, 0) is 36.4 Å². The smallest absolute Gasteiger partial charge is 0.225 e. The summed E-state index contributed by atoms with van der Waals surface area (Å²) in [5.41, 5.74) is 1.91. The molecule has 2 aromatic carbocycles. The van der Waals surface area contributed by atoms with Gasteiger partial charge < -0.3 is 15.0 Å². The van der Waals surface area contributed by atoms with Gasteiger partial charge in [-0.25, -0.2) is 4.39 Å². The van der Waals surface area contributed by atoms with Gasteiger partial charge in [0.2, 0.25) is 5.91 Å². The standard InChI is InChI=1S/C19H21FN2O2S/c20-17-3-1-2-4-18(17)25-14-9-19(23)21-15-5-7-16(8-6-15)22-10-12-24-13-11-22/h1-8H,9-14H2,(H,21,23). The Morgan fingerprint density at radius 2 is 1.84 bits per heavy atom. The third-order valence-corrected chi connectivity index (χ3v) is 5.00. The molecule has 0 unspecified atom stereocenters. The highest BCUT2D eigenvalue weighted by Crippen LogP contribution is 2.22. The van der Waals surface area contributed by atoms with Gasteiger partial charge in [0.1, 0.15) is 5.82 Å². The summed E-state index contributed by atoms with van der Waals surface area (Å²) in [4.78, 5) is 14.9. The van der Waals surface area contributed by atoms with Gasteiger partial charge in [0.15, 0.2) is 0 Å². The number of thioether (sulfide) groups is 1. The fourth-order valence-corrected chi connectivity index (χ4v) is 3.50. The minimum absolute atomic E-state index is 0.0667. The van der Waals surface area contributed by atoms with Crippen LogP contribution in [0, 0.1) is 5.82 Å². The Balaban J connectivity index is 1.45. The molecule has 4 nitrogen and oxygen atoms in total. The van der Waals surface area contributed by atoms with Crippen LogP contribution in [0.5, 0.6) is 0 Å². The Morgan fingerprint density at radius 3 is 2.56 bits per heavy atom. The average molecular weight is 360 g/mol. The largest absolute Gasteiger partial charge is 0.378 e. The third kappa shape index (κ3) is 5.21. The molecule has 6 heteroatoms. The Labute approximate surface area is 151 Å². The van der Waals surface area contributed by atoms with E-state index in [-0.39, 0.29) is 11.7 Å². The molecule has 1 aliphatic rings. The van der Waals surface area contributed by atoms with Crippen LogP contribution in [-0.4, -0.2) is 38.0 Å². The van der Waals surface area contributed by atoms with Gasteiger partial charge in [0, 0.05) is 41.5 Å². The van der Waals surface area contributed by atoms with E-state index in [1.165, 1.54) is 17.8 Å². The first-order chi connectivity index (χ1) is 12.2. The molecule has 1 fully saturated rings. The van der Waals surface area contributed by atoms with Crippen LogP contribution < -0.4 is 10.2 Å². The lowest BCUT2D eigenvalue weighted by molar-refractivity contribution is -0.115. The third-order valence-electron chi connectivity index (χ3n) is 3.95. The predicted octanol–water partition coefficient (Wildman–Crippen LogP) is 3.78. The first-order valence-electron chi connectivity index (χ1n) is 8.32. The number of amides is 1. The summed E-state index contributed by atoms with van der Waals surface area (Å²) >= 11 is 1.35. The molecule has 0 aromatic heterocycles. The first-order valence-corrected chi connectivity index (χ1v) is 9.31. The van der Waals surface area contributed by atoms with Crippen molar-refractivity contribution in [2.24, 2.45) is 0 Å². The van der Waals surface area contributed by atoms with Gasteiger partial charge in [-0.3, -0.25) is 4.79 Å². The van der Waals surface area contributed by atoms with E-state index in [0.29, 0.717) is 17.1 Å². The van der Waals surface area contributed by atoms with Gasteiger partial charge in [-0.15, -0.1) is 11.8 Å². The molecule has 0 spiro atoms. The van der Waals surface area contributed by atoms with Crippen molar-refractivity contribution in [3.05, 3.63) is 54.3 Å². The Kier molecular flexibility index (Phi) is 6.30. The number of hydrogen-bond donors (Lipinski definition) is 1. The second-order valence-corrected chi connectivity index (χ2v) is 6.86. The van der Waals surface area contributed by atoms with Gasteiger partial charge in [0.05, 0.1) is 13.2 Å². The normalized spacial score (nSPS) is 14.4. The molecule has 0 saturated carbocycles. The second-order valence-electron chi connectivity index (χ2n) is 5.72. The summed E-state index contributed by atoms with van der Waals surface area (Å²) in [6.07, 6.45) is 0.338. The number of rotatable bonds is 6. The van der Waals surface area contributed by atoms with Crippen LogP contribution in [0.4, 0.5) is 15.8 Å². The maximum absolute atomic E-state index is 13.5. The van der Waals surface area contributed by atoms with Crippen LogP contribution in [0.1, 0.15) is 6.42 Å². The zero-order chi connectivity index (χ0) is 17.5. The van der Waals surface area contributed by atoms with Gasteiger partial charge in [-0.2, -0.15) is 0 Å². The van der Waals surface area contributed by atoms with Crippen LogP contribution in [0.2, 0.25) is 0 Å². The minimum Gasteiger partial charge on any atom is -0.378 e. The maximum atomic E-state index is 13.5. The molecule has 1 aliphatic heterocycles. The Bertz CT molecular complexity index is 703. The molecule has 0 atom stereocenters. The predicted molar refractivity (Wildman–Crippen MR) is 99.8 cm³/mol. The number of carbonyl (C=O) groups is 1. The van der Waals surface area contributed by atoms with Crippen molar-refractivity contribution in [3.63, 3.8) is 0 Å². The topological polar surface area (TPSA) is 41.6 Å². The molecule has 1 amide bonds. The van der Waals surface area contributed by atoms with Crippen molar-refractivity contribution >= 4 is 29.0 Å². The molecule has 1 N–H and O–H groups in total. The zero-order valence-electron chi connectivity index (χ0n) is 13.9. The van der Waals surface area contributed by atoms with Crippen LogP contribution in [0.3, 0.4) is 0 Å². The summed E-state index contributed by atoms with van der Waals surface area (Å²) in [5.74, 6) is 0.230. The van der Waals surface area contributed by atoms with Crippen molar-refractivity contribution in [3.8, 4) is 0 Å². The van der Waals surface area contributed by atoms with E-state index in [9.17, 15) is 9.18 Å². The van der Waals surface area contributed by atoms with Crippen molar-refractivity contribution in [2.75, 3.05) is 42.3 Å². The monoisotopic (exact) mass is 360 g/mol. The molecular formula is C19H21FN2O2S. The number of anilines is 2. The molecular weight excluding hydrogens is 339 g/mol. The summed E-state index contributed by atoms with van der Waals surface area (Å²) in [6.45, 7) is 3.27. The van der Waals surface area contributed by atoms with Crippen molar-refractivity contribution in [1.82, 2.24) is 0 Å². The number of nitrogens with zero attached hydrogens (tertiary/aromatic N) is 1. The van der Waals surface area contributed by atoms with Gasteiger partial charge >= 0.3 is 0 Å². The molecule has 2 aromatic rings. The van der Waals surface area contributed by atoms with Crippen LogP contribution in [-0.2, 0) is 9.53 Å². The summed E-state index contributed by atoms with van der Waals surface area (Å²) in [6, 6.07) is 14.4. The van der Waals surface area contributed by atoms with E-state index in [1.54, 1.807) is 18.2 Å². The summed E-state index contributed by atoms with van der Waals surface area (Å²) in [5, 5.41) is 2.88. The van der Waals surface area contributed by atoms with Crippen LogP contribution in [0.15, 0.2) is 53.4 Å². The highest BCUT2D eigenvalue weighted by Gasteiger charge is 2.11. The maximum Gasteiger partial charge on any atom is 0.225 e. The van der Waals surface area contributed by atoms with Crippen molar-refractivity contribution in [2.45, 2.75) is 11.3 Å². The number of ether oxygens (including phenoxy) is 1. The fourth-order valence-electron chi connectivity index (χ4n) is 2.62. The number of nitrogens with one attached hydrogen (secondary N) is 1. The van der Waals surface area contributed by atoms with E-state index < -0.39 is 0 Å². The van der Waals surface area contributed by atoms with Crippen LogP contribution >= 0.6 is 11.8 Å². The number of halogens is 1. The highest BCUT2D eigenvalue weighted by molar-refractivity contribution is 7.99. The van der Waals surface area contributed by atoms with Gasteiger partial charge in [0.25, 0.3) is 0 Å². The summed E-state index contributed by atoms with van der Waals surface area (Å²) in [7, 11) is 0. The van der Waals surface area contributed by atoms with E-state index in [0.717, 1.165) is 37.7 Å². The molecule has 1 heterocycles.